The maximum atomic E-state index is 10.7. The Morgan fingerprint density at radius 1 is 1.33 bits per heavy atom. The van der Waals surface area contributed by atoms with Crippen LogP contribution in [0.15, 0.2) is 34.3 Å². The second-order valence-corrected chi connectivity index (χ2v) is 3.70. The van der Waals surface area contributed by atoms with E-state index in [1.165, 1.54) is 18.2 Å². The first-order valence-corrected chi connectivity index (χ1v) is 4.55. The molecule has 0 heterocycles. The molecule has 2 N–H and O–H groups in total. The summed E-state index contributed by atoms with van der Waals surface area (Å²) in [6, 6.07) is 5.20. The third kappa shape index (κ3) is 1.86. The highest BCUT2D eigenvalue weighted by atomic mass is 32.2. The summed E-state index contributed by atoms with van der Waals surface area (Å²) >= 11 is 0. The summed E-state index contributed by atoms with van der Waals surface area (Å²) in [5.74, 6) is 0. The van der Waals surface area contributed by atoms with E-state index < -0.39 is 10.0 Å². The smallest absolute Gasteiger partial charge is 0.225 e. The predicted octanol–water partition coefficient (Wildman–Crippen LogP) is 0.732. The van der Waals surface area contributed by atoms with Crippen LogP contribution in [-0.4, -0.2) is 8.42 Å². The van der Waals surface area contributed by atoms with Gasteiger partial charge in [-0.1, -0.05) is 6.07 Å². The van der Waals surface area contributed by atoms with Gasteiger partial charge in [0, 0.05) is 0 Å². The maximum Gasteiger partial charge on any atom is 0.238 e. The van der Waals surface area contributed by atoms with E-state index in [4.69, 9.17) is 5.14 Å². The molecule has 1 aromatic rings. The van der Waals surface area contributed by atoms with E-state index >= 15 is 0 Å². The fourth-order valence-corrected chi connectivity index (χ4v) is 1.27. The molecule has 0 aliphatic carbocycles. The molecule has 0 amide bonds. The Bertz CT molecular complexity index is 399. The van der Waals surface area contributed by atoms with Gasteiger partial charge in [-0.15, -0.1) is 4.91 Å². The summed E-state index contributed by atoms with van der Waals surface area (Å²) in [4.78, 5) is 9.89. The molecular formula is C6H6N2O3S. The average Bonchev–Trinajstić information content (AvgIpc) is 2.03. The zero-order chi connectivity index (χ0) is 9.19. The number of benzene rings is 1. The Balaban J connectivity index is 3.29. The van der Waals surface area contributed by atoms with Crippen molar-refractivity contribution >= 4 is 15.7 Å². The molecule has 0 radical (unpaired) electrons. The van der Waals surface area contributed by atoms with Crippen LogP contribution in [0, 0.1) is 4.91 Å². The second kappa shape index (κ2) is 3.00. The van der Waals surface area contributed by atoms with E-state index in [1.807, 2.05) is 0 Å². The number of hydrogen-bond acceptors (Lipinski definition) is 4. The standard InChI is InChI=1S/C6H6N2O3S/c7-12(10,11)6-3-1-2-5(4-6)8-9/h1-4H,(H2,7,10,11). The molecule has 0 aliphatic rings. The van der Waals surface area contributed by atoms with Crippen LogP contribution in [0.5, 0.6) is 0 Å². The van der Waals surface area contributed by atoms with Gasteiger partial charge in [-0.3, -0.25) is 0 Å². The fourth-order valence-electron chi connectivity index (χ4n) is 0.717. The molecule has 0 aromatic heterocycles. The summed E-state index contributed by atoms with van der Waals surface area (Å²) in [6.45, 7) is 0. The lowest BCUT2D eigenvalue weighted by atomic mass is 10.3. The molecular weight excluding hydrogens is 180 g/mol. The van der Waals surface area contributed by atoms with E-state index in [1.54, 1.807) is 0 Å². The topological polar surface area (TPSA) is 89.6 Å². The van der Waals surface area contributed by atoms with Gasteiger partial charge in [0.25, 0.3) is 0 Å². The quantitative estimate of drug-likeness (QED) is 0.690. The Morgan fingerprint density at radius 3 is 2.50 bits per heavy atom. The number of hydrogen-bond donors (Lipinski definition) is 1. The third-order valence-corrected chi connectivity index (χ3v) is 2.16. The van der Waals surface area contributed by atoms with Crippen LogP contribution in [0.25, 0.3) is 0 Å². The molecule has 0 spiro atoms. The van der Waals surface area contributed by atoms with Crippen LogP contribution in [-0.2, 0) is 10.0 Å². The van der Waals surface area contributed by atoms with Gasteiger partial charge in [-0.25, -0.2) is 13.6 Å². The van der Waals surface area contributed by atoms with Crippen LogP contribution >= 0.6 is 0 Å². The zero-order valence-corrected chi connectivity index (χ0v) is 6.78. The van der Waals surface area contributed by atoms with Gasteiger partial charge in [0.2, 0.25) is 10.0 Å². The van der Waals surface area contributed by atoms with E-state index in [2.05, 4.69) is 5.18 Å². The van der Waals surface area contributed by atoms with Crippen molar-refractivity contribution in [3.8, 4) is 0 Å². The Morgan fingerprint density at radius 2 is 2.00 bits per heavy atom. The van der Waals surface area contributed by atoms with Crippen molar-refractivity contribution in [3.05, 3.63) is 29.2 Å². The van der Waals surface area contributed by atoms with Crippen molar-refractivity contribution in [1.29, 1.82) is 0 Å². The minimum Gasteiger partial charge on any atom is -0.225 e. The lowest BCUT2D eigenvalue weighted by Crippen LogP contribution is -2.11. The van der Waals surface area contributed by atoms with Gasteiger partial charge >= 0.3 is 0 Å². The molecule has 1 aromatic carbocycles. The Hall–Kier alpha value is -1.27. The molecule has 0 atom stereocenters. The van der Waals surface area contributed by atoms with Crippen molar-refractivity contribution < 1.29 is 8.42 Å². The summed E-state index contributed by atoms with van der Waals surface area (Å²) in [5, 5.41) is 7.38. The molecule has 64 valence electrons. The highest BCUT2D eigenvalue weighted by Gasteiger charge is 2.07. The van der Waals surface area contributed by atoms with E-state index in [0.29, 0.717) is 0 Å². The number of sulfonamides is 1. The molecule has 0 unspecified atom stereocenters. The van der Waals surface area contributed by atoms with E-state index in [9.17, 15) is 13.3 Å². The molecule has 0 fully saturated rings. The molecule has 1 rings (SSSR count). The Kier molecular flexibility index (Phi) is 2.20. The minimum absolute atomic E-state index is 0.0431. The zero-order valence-electron chi connectivity index (χ0n) is 5.97. The summed E-state index contributed by atoms with van der Waals surface area (Å²) in [7, 11) is -3.73. The summed E-state index contributed by atoms with van der Waals surface area (Å²) < 4.78 is 21.5. The van der Waals surface area contributed by atoms with Crippen LogP contribution in [0.4, 0.5) is 5.69 Å². The van der Waals surface area contributed by atoms with Crippen LogP contribution in [0.2, 0.25) is 0 Å². The summed E-state index contributed by atoms with van der Waals surface area (Å²) in [6.07, 6.45) is 0. The molecule has 0 saturated heterocycles. The van der Waals surface area contributed by atoms with Crippen LogP contribution < -0.4 is 5.14 Å². The highest BCUT2D eigenvalue weighted by Crippen LogP contribution is 2.15. The number of rotatable bonds is 2. The maximum absolute atomic E-state index is 10.7. The first-order chi connectivity index (χ1) is 5.54. The van der Waals surface area contributed by atoms with E-state index in [0.717, 1.165) is 6.07 Å². The van der Waals surface area contributed by atoms with Crippen molar-refractivity contribution in [2.75, 3.05) is 0 Å². The van der Waals surface area contributed by atoms with Gasteiger partial charge in [-0.05, 0) is 23.4 Å². The van der Waals surface area contributed by atoms with E-state index in [-0.39, 0.29) is 10.6 Å². The van der Waals surface area contributed by atoms with Gasteiger partial charge in [0.15, 0.2) is 0 Å². The van der Waals surface area contributed by atoms with Crippen molar-refractivity contribution in [1.82, 2.24) is 0 Å². The van der Waals surface area contributed by atoms with Crippen molar-refractivity contribution in [3.63, 3.8) is 0 Å². The normalized spacial score (nSPS) is 11.1. The number of primary sulfonamides is 1. The van der Waals surface area contributed by atoms with Gasteiger partial charge in [0.05, 0.1) is 4.90 Å². The number of nitrogens with zero attached hydrogens (tertiary/aromatic N) is 1. The molecule has 0 saturated carbocycles. The molecule has 5 nitrogen and oxygen atoms in total. The van der Waals surface area contributed by atoms with Crippen molar-refractivity contribution in [2.24, 2.45) is 10.3 Å². The van der Waals surface area contributed by atoms with Crippen molar-refractivity contribution in [2.45, 2.75) is 4.90 Å². The van der Waals surface area contributed by atoms with Gasteiger partial charge in [-0.2, -0.15) is 0 Å². The first kappa shape index (κ1) is 8.82. The third-order valence-electron chi connectivity index (χ3n) is 1.25. The Labute approximate surface area is 69.2 Å². The molecule has 6 heteroatoms. The number of nitrogens with two attached hydrogens (primary N) is 1. The number of nitroso groups, excluding NO2 is 1. The monoisotopic (exact) mass is 186 g/mol. The highest BCUT2D eigenvalue weighted by molar-refractivity contribution is 7.89. The van der Waals surface area contributed by atoms with Gasteiger partial charge in [0.1, 0.15) is 5.69 Å². The summed E-state index contributed by atoms with van der Waals surface area (Å²) in [5.41, 5.74) is 0.0431. The first-order valence-electron chi connectivity index (χ1n) is 3.00. The van der Waals surface area contributed by atoms with Gasteiger partial charge < -0.3 is 0 Å². The lowest BCUT2D eigenvalue weighted by Gasteiger charge is -1.96. The fraction of sp³-hybridized carbons (Fsp3) is 0. The van der Waals surface area contributed by atoms with Crippen LogP contribution in [0.1, 0.15) is 0 Å². The SMILES string of the molecule is NS(=O)(=O)c1cccc(N=O)c1. The van der Waals surface area contributed by atoms with Crippen LogP contribution in [0.3, 0.4) is 0 Å². The molecule has 0 aliphatic heterocycles. The second-order valence-electron chi connectivity index (χ2n) is 2.13. The average molecular weight is 186 g/mol. The molecule has 0 bridgehead atoms. The minimum atomic E-state index is -3.73. The molecule has 12 heavy (non-hydrogen) atoms. The predicted molar refractivity (Wildman–Crippen MR) is 43.3 cm³/mol. The largest absolute Gasteiger partial charge is 0.238 e. The lowest BCUT2D eigenvalue weighted by molar-refractivity contribution is 0.598.